The predicted octanol–water partition coefficient (Wildman–Crippen LogP) is 2.43. The first-order valence-corrected chi connectivity index (χ1v) is 8.90. The van der Waals surface area contributed by atoms with Gasteiger partial charge in [0.05, 0.1) is 25.4 Å². The van der Waals surface area contributed by atoms with Gasteiger partial charge in [-0.1, -0.05) is 12.1 Å². The molecule has 2 bridgehead atoms. The van der Waals surface area contributed by atoms with Crippen LogP contribution in [0.25, 0.3) is 11.1 Å². The Hall–Kier alpha value is -2.83. The highest BCUT2D eigenvalue weighted by atomic mass is 16.5. The first-order chi connectivity index (χ1) is 12.7. The molecule has 3 unspecified atom stereocenters. The molecule has 26 heavy (non-hydrogen) atoms. The van der Waals surface area contributed by atoms with Crippen molar-refractivity contribution in [3.05, 3.63) is 42.2 Å². The van der Waals surface area contributed by atoms with Crippen molar-refractivity contribution in [2.75, 3.05) is 13.7 Å². The number of rotatable bonds is 3. The Morgan fingerprint density at radius 2 is 2.04 bits per heavy atom. The van der Waals surface area contributed by atoms with Crippen molar-refractivity contribution in [1.82, 2.24) is 20.4 Å². The third-order valence-corrected chi connectivity index (χ3v) is 5.48. The molecule has 2 aromatic rings. The summed E-state index contributed by atoms with van der Waals surface area (Å²) in [6.45, 7) is 0.725. The van der Waals surface area contributed by atoms with Crippen LogP contribution in [0.3, 0.4) is 0 Å². The second kappa shape index (κ2) is 6.82. The summed E-state index contributed by atoms with van der Waals surface area (Å²) in [5, 5.41) is 9.84. The molecule has 0 spiro atoms. The zero-order valence-corrected chi connectivity index (χ0v) is 14.6. The summed E-state index contributed by atoms with van der Waals surface area (Å²) < 4.78 is 4.90. The topological polar surface area (TPSA) is 87.3 Å². The van der Waals surface area contributed by atoms with Crippen LogP contribution in [0.15, 0.2) is 36.7 Å². The summed E-state index contributed by atoms with van der Waals surface area (Å²) in [7, 11) is 1.40. The molecule has 2 aliphatic heterocycles. The van der Waals surface area contributed by atoms with E-state index in [1.54, 1.807) is 11.1 Å². The summed E-state index contributed by atoms with van der Waals surface area (Å²) in [5.74, 6) is 0.318. The summed E-state index contributed by atoms with van der Waals surface area (Å²) in [4.78, 5) is 26.4. The van der Waals surface area contributed by atoms with Gasteiger partial charge in [-0.05, 0) is 42.9 Å². The molecule has 2 saturated heterocycles. The van der Waals surface area contributed by atoms with Gasteiger partial charge in [-0.25, -0.2) is 4.79 Å². The van der Waals surface area contributed by atoms with Crippen LogP contribution < -0.4 is 5.32 Å². The molecule has 1 aromatic heterocycles. The number of H-pyrrole nitrogens is 1. The van der Waals surface area contributed by atoms with Crippen molar-refractivity contribution in [2.24, 2.45) is 5.92 Å². The van der Waals surface area contributed by atoms with E-state index < -0.39 is 0 Å². The van der Waals surface area contributed by atoms with Gasteiger partial charge >= 0.3 is 6.09 Å². The molecule has 7 nitrogen and oxygen atoms in total. The number of methoxy groups -OCH3 is 1. The van der Waals surface area contributed by atoms with E-state index in [1.807, 2.05) is 30.5 Å². The van der Waals surface area contributed by atoms with Gasteiger partial charge in [-0.15, -0.1) is 0 Å². The minimum Gasteiger partial charge on any atom is -0.453 e. The van der Waals surface area contributed by atoms with Crippen LogP contribution in [-0.2, 0) is 4.74 Å². The van der Waals surface area contributed by atoms with Gasteiger partial charge in [0.25, 0.3) is 5.91 Å². The third-order valence-electron chi connectivity index (χ3n) is 5.48. The number of fused-ring (bicyclic) bond motifs is 3. The molecule has 136 valence electrons. The fraction of sp³-hybridized carbons (Fsp3) is 0.421. The average molecular weight is 354 g/mol. The van der Waals surface area contributed by atoms with Crippen LogP contribution >= 0.6 is 0 Å². The van der Waals surface area contributed by atoms with Crippen LogP contribution in [0, 0.1) is 5.92 Å². The zero-order valence-electron chi connectivity index (χ0n) is 14.6. The number of hydrogen-bond acceptors (Lipinski definition) is 4. The van der Waals surface area contributed by atoms with E-state index in [9.17, 15) is 9.59 Å². The minimum absolute atomic E-state index is 0.0154. The van der Waals surface area contributed by atoms with Crippen molar-refractivity contribution in [2.45, 2.75) is 31.3 Å². The lowest BCUT2D eigenvalue weighted by atomic mass is 9.76. The monoisotopic (exact) mass is 354 g/mol. The number of benzene rings is 1. The standard InChI is InChI=1S/C19H22N4O3/c1-26-19(25)23-11-12-2-7-17(23)16(8-12)22-18(24)14-5-3-13(4-6-14)15-9-20-21-10-15/h3-6,9-10,12,16-17H,2,7-8,11H2,1H3,(H,20,21)(H,22,24). The van der Waals surface area contributed by atoms with E-state index in [0.29, 0.717) is 11.5 Å². The number of ether oxygens (including phenoxy) is 1. The first kappa shape index (κ1) is 16.6. The number of amides is 2. The van der Waals surface area contributed by atoms with E-state index in [-0.39, 0.29) is 24.1 Å². The Labute approximate surface area is 151 Å². The number of carbonyl (C=O) groups excluding carboxylic acids is 2. The number of aromatic nitrogens is 2. The average Bonchev–Trinajstić information content (AvgIpc) is 3.22. The molecule has 1 saturated carbocycles. The normalized spacial score (nSPS) is 24.3. The molecule has 2 N–H and O–H groups in total. The second-order valence-electron chi connectivity index (χ2n) is 7.01. The van der Waals surface area contributed by atoms with Gasteiger partial charge in [0.1, 0.15) is 0 Å². The molecule has 7 heteroatoms. The highest BCUT2D eigenvalue weighted by Crippen LogP contribution is 2.35. The van der Waals surface area contributed by atoms with E-state index in [1.165, 1.54) is 7.11 Å². The molecule has 1 aromatic carbocycles. The summed E-state index contributed by atoms with van der Waals surface area (Å²) >= 11 is 0. The van der Waals surface area contributed by atoms with Crippen LogP contribution in [0.2, 0.25) is 0 Å². The molecule has 0 radical (unpaired) electrons. The lowest BCUT2D eigenvalue weighted by Crippen LogP contribution is -2.62. The van der Waals surface area contributed by atoms with Crippen molar-refractivity contribution < 1.29 is 14.3 Å². The molecule has 3 aliphatic rings. The number of carbonyl (C=O) groups is 2. The van der Waals surface area contributed by atoms with Crippen LogP contribution in [-0.4, -0.2) is 52.8 Å². The second-order valence-corrected chi connectivity index (χ2v) is 7.01. The molecule has 3 heterocycles. The number of aromatic amines is 1. The first-order valence-electron chi connectivity index (χ1n) is 8.90. The molecular weight excluding hydrogens is 332 g/mol. The quantitative estimate of drug-likeness (QED) is 0.886. The molecule has 3 fully saturated rings. The van der Waals surface area contributed by atoms with Gasteiger partial charge < -0.3 is 15.0 Å². The third kappa shape index (κ3) is 3.05. The molecule has 3 atom stereocenters. The largest absolute Gasteiger partial charge is 0.453 e. The minimum atomic E-state index is -0.303. The van der Waals surface area contributed by atoms with Crippen LogP contribution in [0.5, 0.6) is 0 Å². The number of nitrogens with one attached hydrogen (secondary N) is 2. The summed E-state index contributed by atoms with van der Waals surface area (Å²) in [6, 6.07) is 7.44. The van der Waals surface area contributed by atoms with Crippen molar-refractivity contribution in [3.8, 4) is 11.1 Å². The maximum absolute atomic E-state index is 12.7. The van der Waals surface area contributed by atoms with Crippen LogP contribution in [0.4, 0.5) is 4.79 Å². The Morgan fingerprint density at radius 3 is 2.69 bits per heavy atom. The summed E-state index contributed by atoms with van der Waals surface area (Å²) in [6.07, 6.45) is 6.18. The lowest BCUT2D eigenvalue weighted by molar-refractivity contribution is 0.0180. The smallest absolute Gasteiger partial charge is 0.409 e. The van der Waals surface area contributed by atoms with Gasteiger partial charge in [0.15, 0.2) is 0 Å². The SMILES string of the molecule is COC(=O)N1CC2CCC1C(NC(=O)c1ccc(-c3cn[nH]c3)cc1)C2. The summed E-state index contributed by atoms with van der Waals surface area (Å²) in [5.41, 5.74) is 2.60. The lowest BCUT2D eigenvalue weighted by Gasteiger charge is -2.49. The molecule has 2 amide bonds. The van der Waals surface area contributed by atoms with Gasteiger partial charge in [-0.2, -0.15) is 5.10 Å². The van der Waals surface area contributed by atoms with Crippen molar-refractivity contribution >= 4 is 12.0 Å². The van der Waals surface area contributed by atoms with E-state index in [4.69, 9.17) is 4.74 Å². The molecular formula is C19H22N4O3. The molecule has 1 aliphatic carbocycles. The van der Waals surface area contributed by atoms with Crippen LogP contribution in [0.1, 0.15) is 29.6 Å². The predicted molar refractivity (Wildman–Crippen MR) is 95.5 cm³/mol. The molecule has 5 rings (SSSR count). The number of hydrogen-bond donors (Lipinski definition) is 2. The van der Waals surface area contributed by atoms with Gasteiger partial charge in [-0.3, -0.25) is 9.89 Å². The Bertz CT molecular complexity index is 788. The number of piperidine rings is 2. The van der Waals surface area contributed by atoms with Gasteiger partial charge in [0.2, 0.25) is 0 Å². The highest BCUT2D eigenvalue weighted by molar-refractivity contribution is 5.95. The highest BCUT2D eigenvalue weighted by Gasteiger charge is 2.43. The van der Waals surface area contributed by atoms with Gasteiger partial charge in [0, 0.05) is 23.9 Å². The fourth-order valence-corrected chi connectivity index (χ4v) is 4.15. The Balaban J connectivity index is 1.45. The van der Waals surface area contributed by atoms with Crippen molar-refractivity contribution in [1.29, 1.82) is 0 Å². The van der Waals surface area contributed by atoms with Crippen molar-refractivity contribution in [3.63, 3.8) is 0 Å². The van der Waals surface area contributed by atoms with E-state index in [2.05, 4.69) is 15.5 Å². The Kier molecular flexibility index (Phi) is 4.36. The Morgan fingerprint density at radius 1 is 1.23 bits per heavy atom. The van der Waals surface area contributed by atoms with E-state index >= 15 is 0 Å². The maximum atomic E-state index is 12.7. The van der Waals surface area contributed by atoms with E-state index in [0.717, 1.165) is 36.9 Å². The fourth-order valence-electron chi connectivity index (χ4n) is 4.15. The zero-order chi connectivity index (χ0) is 18.1. The maximum Gasteiger partial charge on any atom is 0.409 e. The number of nitrogens with zero attached hydrogens (tertiary/aromatic N) is 2.